The van der Waals surface area contributed by atoms with Crippen molar-refractivity contribution < 1.29 is 9.53 Å². The number of pyridine rings is 1. The lowest BCUT2D eigenvalue weighted by Gasteiger charge is -2.04. The van der Waals surface area contributed by atoms with Gasteiger partial charge in [0.25, 0.3) is 0 Å². The van der Waals surface area contributed by atoms with E-state index < -0.39 is 0 Å². The Bertz CT molecular complexity index is 348. The summed E-state index contributed by atoms with van der Waals surface area (Å²) in [7, 11) is 1.48. The fourth-order valence-corrected chi connectivity index (χ4v) is 1.08. The first-order chi connectivity index (χ1) is 6.29. The van der Waals surface area contributed by atoms with Crippen LogP contribution in [0, 0.1) is 0 Å². The molecule has 0 aliphatic heterocycles. The maximum atomic E-state index is 9.89. The molecule has 1 heterocycles. The van der Waals surface area contributed by atoms with Gasteiger partial charge in [-0.15, -0.1) is 0 Å². The average Bonchev–Trinajstić information content (AvgIpc) is 2.15. The van der Waals surface area contributed by atoms with Gasteiger partial charge in [0.1, 0.15) is 0 Å². The van der Waals surface area contributed by atoms with E-state index in [9.17, 15) is 4.79 Å². The summed E-state index contributed by atoms with van der Waals surface area (Å²) in [6.07, 6.45) is 2.95. The highest BCUT2D eigenvalue weighted by Gasteiger charge is 2.07. The van der Waals surface area contributed by atoms with Crippen molar-refractivity contribution in [2.45, 2.75) is 6.54 Å². The van der Waals surface area contributed by atoms with E-state index in [1.54, 1.807) is 6.07 Å². The van der Waals surface area contributed by atoms with Gasteiger partial charge in [-0.25, -0.2) is 14.8 Å². The molecule has 0 aliphatic carbocycles. The fourth-order valence-electron chi connectivity index (χ4n) is 0.881. The molecule has 0 atom stereocenters. The van der Waals surface area contributed by atoms with E-state index in [4.69, 9.17) is 16.3 Å². The van der Waals surface area contributed by atoms with Gasteiger partial charge >= 0.3 is 0 Å². The highest BCUT2D eigenvalue weighted by Crippen LogP contribution is 2.23. The number of nitrogens with zero attached hydrogens (tertiary/aromatic N) is 2. The minimum Gasteiger partial charge on any atom is -0.481 e. The Kier molecular flexibility index (Phi) is 3.43. The summed E-state index contributed by atoms with van der Waals surface area (Å²) >= 11 is 5.83. The largest absolute Gasteiger partial charge is 0.481 e. The van der Waals surface area contributed by atoms with E-state index >= 15 is 0 Å². The predicted molar refractivity (Wildman–Crippen MR) is 47.6 cm³/mol. The Hall–Kier alpha value is -1.38. The van der Waals surface area contributed by atoms with E-state index in [2.05, 4.69) is 9.98 Å². The number of hydrogen-bond donors (Lipinski definition) is 0. The second kappa shape index (κ2) is 4.60. The maximum Gasteiger partial charge on any atom is 0.235 e. The van der Waals surface area contributed by atoms with Gasteiger partial charge < -0.3 is 4.74 Å². The maximum absolute atomic E-state index is 9.89. The second-order valence-corrected chi connectivity index (χ2v) is 2.60. The van der Waals surface area contributed by atoms with Crippen LogP contribution in [0.2, 0.25) is 5.02 Å². The highest BCUT2D eigenvalue weighted by atomic mass is 35.5. The smallest absolute Gasteiger partial charge is 0.235 e. The second-order valence-electron chi connectivity index (χ2n) is 2.19. The summed E-state index contributed by atoms with van der Waals surface area (Å²) in [5, 5.41) is 0.478. The van der Waals surface area contributed by atoms with E-state index in [0.717, 1.165) is 0 Å². The van der Waals surface area contributed by atoms with Crippen LogP contribution in [0.4, 0.5) is 0 Å². The molecule has 0 fully saturated rings. The van der Waals surface area contributed by atoms with E-state index in [0.29, 0.717) is 16.5 Å². The number of aliphatic imine (C=N–C) groups is 1. The molecular weight excluding hydrogens is 192 g/mol. The molecule has 68 valence electrons. The van der Waals surface area contributed by atoms with Crippen molar-refractivity contribution >= 4 is 17.7 Å². The number of methoxy groups -OCH3 is 1. The molecule has 0 amide bonds. The number of hydrogen-bond acceptors (Lipinski definition) is 4. The van der Waals surface area contributed by atoms with Gasteiger partial charge in [0.15, 0.2) is 0 Å². The lowest BCUT2D eigenvalue weighted by molar-refractivity contribution is 0.392. The van der Waals surface area contributed by atoms with Crippen molar-refractivity contribution in [3.8, 4) is 5.88 Å². The Balaban J connectivity index is 3.06. The number of ether oxygens (including phenoxy) is 1. The van der Waals surface area contributed by atoms with Crippen molar-refractivity contribution in [3.63, 3.8) is 0 Å². The van der Waals surface area contributed by atoms with Crippen LogP contribution in [0.3, 0.4) is 0 Å². The molecular formula is C8H7ClN2O2. The molecule has 0 N–H and O–H groups in total. The standard InChI is InChI=1S/C8H7ClN2O2/c1-13-8-6(4-10-5-12)7(9)2-3-11-8/h2-3H,4H2,1H3. The number of halogens is 1. The summed E-state index contributed by atoms with van der Waals surface area (Å²) < 4.78 is 4.94. The summed E-state index contributed by atoms with van der Waals surface area (Å²) in [6, 6.07) is 1.61. The van der Waals surface area contributed by atoms with Crippen LogP contribution < -0.4 is 4.74 Å². The van der Waals surface area contributed by atoms with Gasteiger partial charge in [0, 0.05) is 6.20 Å². The Morgan fingerprint density at radius 3 is 3.15 bits per heavy atom. The number of isocyanates is 1. The van der Waals surface area contributed by atoms with E-state index in [1.165, 1.54) is 19.4 Å². The first kappa shape index (κ1) is 9.71. The van der Waals surface area contributed by atoms with Crippen LogP contribution in [0.25, 0.3) is 0 Å². The van der Waals surface area contributed by atoms with Crippen LogP contribution in [-0.2, 0) is 11.3 Å². The molecule has 13 heavy (non-hydrogen) atoms. The summed E-state index contributed by atoms with van der Waals surface area (Å²) in [5.41, 5.74) is 0.593. The summed E-state index contributed by atoms with van der Waals surface area (Å²) in [6.45, 7) is 0.138. The molecule has 0 aromatic carbocycles. The van der Waals surface area contributed by atoms with Gasteiger partial charge in [-0.2, -0.15) is 0 Å². The molecule has 0 saturated heterocycles. The first-order valence-electron chi connectivity index (χ1n) is 3.50. The molecule has 0 spiro atoms. The number of carbonyl (C=O) groups excluding carboxylic acids is 1. The molecule has 0 saturated carbocycles. The van der Waals surface area contributed by atoms with Crippen molar-refractivity contribution in [3.05, 3.63) is 22.8 Å². The monoisotopic (exact) mass is 198 g/mol. The molecule has 1 rings (SSSR count). The van der Waals surface area contributed by atoms with Gasteiger partial charge in [-0.3, -0.25) is 0 Å². The van der Waals surface area contributed by atoms with Crippen LogP contribution in [0.15, 0.2) is 17.3 Å². The third-order valence-electron chi connectivity index (χ3n) is 1.45. The topological polar surface area (TPSA) is 51.6 Å². The molecule has 0 bridgehead atoms. The molecule has 0 radical (unpaired) electrons. The molecule has 5 heteroatoms. The van der Waals surface area contributed by atoms with Crippen LogP contribution in [0.1, 0.15) is 5.56 Å². The van der Waals surface area contributed by atoms with Crippen molar-refractivity contribution in [1.29, 1.82) is 0 Å². The minimum atomic E-state index is 0.138. The van der Waals surface area contributed by atoms with Crippen LogP contribution in [0.5, 0.6) is 5.88 Å². The summed E-state index contributed by atoms with van der Waals surface area (Å²) in [4.78, 5) is 17.2. The normalized spacial score (nSPS) is 9.08. The van der Waals surface area contributed by atoms with Crippen molar-refractivity contribution in [1.82, 2.24) is 4.98 Å². The lowest BCUT2D eigenvalue weighted by atomic mass is 10.3. The minimum absolute atomic E-state index is 0.138. The van der Waals surface area contributed by atoms with Gasteiger partial charge in [-0.1, -0.05) is 11.6 Å². The van der Waals surface area contributed by atoms with E-state index in [-0.39, 0.29) is 6.54 Å². The number of rotatable bonds is 3. The van der Waals surface area contributed by atoms with Crippen molar-refractivity contribution in [2.24, 2.45) is 4.99 Å². The van der Waals surface area contributed by atoms with Crippen LogP contribution in [-0.4, -0.2) is 18.2 Å². The van der Waals surface area contributed by atoms with Gasteiger partial charge in [0.05, 0.1) is 24.2 Å². The third-order valence-corrected chi connectivity index (χ3v) is 1.81. The van der Waals surface area contributed by atoms with E-state index in [1.807, 2.05) is 0 Å². The molecule has 1 aromatic heterocycles. The Morgan fingerprint density at radius 1 is 1.77 bits per heavy atom. The van der Waals surface area contributed by atoms with Crippen LogP contribution >= 0.6 is 11.6 Å². The molecule has 0 aliphatic rings. The Labute approximate surface area is 80.2 Å². The summed E-state index contributed by atoms with van der Waals surface area (Å²) in [5.74, 6) is 0.381. The van der Waals surface area contributed by atoms with Gasteiger partial charge in [-0.05, 0) is 6.07 Å². The average molecular weight is 199 g/mol. The van der Waals surface area contributed by atoms with Crippen molar-refractivity contribution in [2.75, 3.05) is 7.11 Å². The lowest BCUT2D eigenvalue weighted by Crippen LogP contribution is -1.94. The zero-order valence-corrected chi connectivity index (χ0v) is 7.71. The highest BCUT2D eigenvalue weighted by molar-refractivity contribution is 6.31. The first-order valence-corrected chi connectivity index (χ1v) is 3.88. The third kappa shape index (κ3) is 2.28. The Morgan fingerprint density at radius 2 is 2.54 bits per heavy atom. The quantitative estimate of drug-likeness (QED) is 0.547. The van der Waals surface area contributed by atoms with Gasteiger partial charge in [0.2, 0.25) is 12.0 Å². The number of aromatic nitrogens is 1. The molecule has 4 nitrogen and oxygen atoms in total. The fraction of sp³-hybridized carbons (Fsp3) is 0.250. The zero-order chi connectivity index (χ0) is 9.68. The predicted octanol–water partition coefficient (Wildman–Crippen LogP) is 1.58. The zero-order valence-electron chi connectivity index (χ0n) is 6.95. The molecule has 1 aromatic rings. The SMILES string of the molecule is COc1nccc(Cl)c1CN=C=O. The molecule has 0 unspecified atom stereocenters.